The number of nitrogens with zero attached hydrogens (tertiary/aromatic N) is 5. The summed E-state index contributed by atoms with van der Waals surface area (Å²) < 4.78 is 1.79. The molecule has 1 fully saturated rings. The van der Waals surface area contributed by atoms with Crippen molar-refractivity contribution in [2.24, 2.45) is 0 Å². The summed E-state index contributed by atoms with van der Waals surface area (Å²) in [6.45, 7) is 0.629. The molecule has 0 bridgehead atoms. The standard InChI is InChI=1S/C21H24N6O/c1-26(18-4-2-3-5-18)20-14-17(8-12-23-20)21(28)24-19-9-13-27(25-19)15-16-6-10-22-11-7-16/h6-14,18H,2-5,15H2,1H3,(H,24,25,28). The first-order valence-electron chi connectivity index (χ1n) is 9.61. The number of anilines is 2. The molecular weight excluding hydrogens is 352 g/mol. The Kier molecular flexibility index (Phi) is 5.32. The van der Waals surface area contributed by atoms with Crippen molar-refractivity contribution in [2.75, 3.05) is 17.3 Å². The number of pyridine rings is 2. The first-order valence-corrected chi connectivity index (χ1v) is 9.61. The fourth-order valence-electron chi connectivity index (χ4n) is 3.61. The van der Waals surface area contributed by atoms with Crippen LogP contribution in [0, 0.1) is 0 Å². The van der Waals surface area contributed by atoms with Gasteiger partial charge in [0.25, 0.3) is 5.91 Å². The number of nitrogens with one attached hydrogen (secondary N) is 1. The van der Waals surface area contributed by atoms with Crippen LogP contribution in [0.2, 0.25) is 0 Å². The topological polar surface area (TPSA) is 75.9 Å². The Morgan fingerprint density at radius 1 is 1.18 bits per heavy atom. The average molecular weight is 376 g/mol. The minimum Gasteiger partial charge on any atom is -0.357 e. The van der Waals surface area contributed by atoms with Crippen molar-refractivity contribution in [1.82, 2.24) is 19.7 Å². The maximum atomic E-state index is 12.7. The van der Waals surface area contributed by atoms with Gasteiger partial charge in [0, 0.05) is 49.5 Å². The lowest BCUT2D eigenvalue weighted by molar-refractivity contribution is 0.102. The molecule has 0 spiro atoms. The zero-order valence-corrected chi connectivity index (χ0v) is 16.0. The Labute approximate surface area is 164 Å². The van der Waals surface area contributed by atoms with Gasteiger partial charge in [0.15, 0.2) is 5.82 Å². The molecule has 3 heterocycles. The van der Waals surface area contributed by atoms with Crippen LogP contribution in [0.4, 0.5) is 11.6 Å². The first-order chi connectivity index (χ1) is 13.7. The van der Waals surface area contributed by atoms with Gasteiger partial charge in [-0.15, -0.1) is 0 Å². The van der Waals surface area contributed by atoms with E-state index < -0.39 is 0 Å². The number of carbonyl (C=O) groups is 1. The molecule has 7 heteroatoms. The van der Waals surface area contributed by atoms with E-state index in [2.05, 4.69) is 32.3 Å². The molecule has 4 rings (SSSR count). The van der Waals surface area contributed by atoms with Gasteiger partial charge >= 0.3 is 0 Å². The summed E-state index contributed by atoms with van der Waals surface area (Å²) in [7, 11) is 2.06. The summed E-state index contributed by atoms with van der Waals surface area (Å²) in [6.07, 6.45) is 11.9. The summed E-state index contributed by atoms with van der Waals surface area (Å²) in [5.41, 5.74) is 1.68. The average Bonchev–Trinajstić information content (AvgIpc) is 3.41. The fourth-order valence-corrected chi connectivity index (χ4v) is 3.61. The molecule has 0 aromatic carbocycles. The van der Waals surface area contributed by atoms with E-state index in [-0.39, 0.29) is 5.91 Å². The molecule has 1 N–H and O–H groups in total. The number of hydrogen-bond donors (Lipinski definition) is 1. The number of amides is 1. The third-order valence-electron chi connectivity index (χ3n) is 5.22. The normalized spacial score (nSPS) is 14.2. The van der Waals surface area contributed by atoms with Gasteiger partial charge in [-0.3, -0.25) is 14.5 Å². The van der Waals surface area contributed by atoms with Crippen molar-refractivity contribution in [2.45, 2.75) is 38.3 Å². The largest absolute Gasteiger partial charge is 0.357 e. The highest BCUT2D eigenvalue weighted by molar-refractivity contribution is 6.04. The van der Waals surface area contributed by atoms with Crippen LogP contribution in [0.15, 0.2) is 55.1 Å². The molecule has 28 heavy (non-hydrogen) atoms. The van der Waals surface area contributed by atoms with Crippen LogP contribution in [-0.2, 0) is 6.54 Å². The van der Waals surface area contributed by atoms with E-state index in [1.165, 1.54) is 25.7 Å². The summed E-state index contributed by atoms with van der Waals surface area (Å²) in [6, 6.07) is 9.77. The maximum Gasteiger partial charge on any atom is 0.257 e. The fraction of sp³-hybridized carbons (Fsp3) is 0.333. The third kappa shape index (κ3) is 4.19. The molecule has 0 aliphatic heterocycles. The maximum absolute atomic E-state index is 12.7. The quantitative estimate of drug-likeness (QED) is 0.714. The van der Waals surface area contributed by atoms with Gasteiger partial charge in [0.2, 0.25) is 0 Å². The van der Waals surface area contributed by atoms with Crippen LogP contribution in [0.1, 0.15) is 41.6 Å². The number of carbonyl (C=O) groups excluding carboxylic acids is 1. The van der Waals surface area contributed by atoms with Crippen molar-refractivity contribution in [3.05, 3.63) is 66.2 Å². The van der Waals surface area contributed by atoms with E-state index in [4.69, 9.17) is 0 Å². The Morgan fingerprint density at radius 2 is 1.96 bits per heavy atom. The zero-order chi connectivity index (χ0) is 19.3. The van der Waals surface area contributed by atoms with E-state index in [1.54, 1.807) is 35.4 Å². The molecule has 0 radical (unpaired) electrons. The van der Waals surface area contributed by atoms with Gasteiger partial charge in [-0.05, 0) is 42.7 Å². The molecule has 3 aromatic rings. The second kappa shape index (κ2) is 8.21. The SMILES string of the molecule is CN(c1cc(C(=O)Nc2ccn(Cc3ccncc3)n2)ccn1)C1CCCC1. The molecule has 1 aliphatic carbocycles. The second-order valence-electron chi connectivity index (χ2n) is 7.16. The predicted octanol–water partition coefficient (Wildman–Crippen LogP) is 3.35. The zero-order valence-electron chi connectivity index (χ0n) is 16.0. The van der Waals surface area contributed by atoms with Crippen molar-refractivity contribution >= 4 is 17.5 Å². The van der Waals surface area contributed by atoms with Crippen LogP contribution in [0.3, 0.4) is 0 Å². The smallest absolute Gasteiger partial charge is 0.257 e. The van der Waals surface area contributed by atoms with Gasteiger partial charge < -0.3 is 10.2 Å². The van der Waals surface area contributed by atoms with Gasteiger partial charge in [-0.2, -0.15) is 5.10 Å². The van der Waals surface area contributed by atoms with E-state index in [0.717, 1.165) is 11.4 Å². The Morgan fingerprint density at radius 3 is 2.75 bits per heavy atom. The Hall–Kier alpha value is -3.22. The van der Waals surface area contributed by atoms with E-state index in [9.17, 15) is 4.79 Å². The predicted molar refractivity (Wildman–Crippen MR) is 108 cm³/mol. The Bertz CT molecular complexity index is 933. The molecule has 0 saturated heterocycles. The lowest BCUT2D eigenvalue weighted by Crippen LogP contribution is -2.29. The van der Waals surface area contributed by atoms with E-state index >= 15 is 0 Å². The van der Waals surface area contributed by atoms with Crippen LogP contribution < -0.4 is 10.2 Å². The van der Waals surface area contributed by atoms with Gasteiger partial charge in [-0.1, -0.05) is 12.8 Å². The minimum absolute atomic E-state index is 0.183. The summed E-state index contributed by atoms with van der Waals surface area (Å²) >= 11 is 0. The molecule has 1 saturated carbocycles. The summed E-state index contributed by atoms with van der Waals surface area (Å²) in [5.74, 6) is 1.18. The van der Waals surface area contributed by atoms with Gasteiger partial charge in [-0.25, -0.2) is 4.98 Å². The first kappa shape index (κ1) is 18.2. The highest BCUT2D eigenvalue weighted by Gasteiger charge is 2.21. The van der Waals surface area contributed by atoms with E-state index in [1.807, 2.05) is 24.4 Å². The van der Waals surface area contributed by atoms with Crippen LogP contribution in [-0.4, -0.2) is 38.7 Å². The molecule has 0 atom stereocenters. The van der Waals surface area contributed by atoms with Crippen molar-refractivity contribution in [1.29, 1.82) is 0 Å². The highest BCUT2D eigenvalue weighted by Crippen LogP contribution is 2.26. The molecule has 0 unspecified atom stereocenters. The highest BCUT2D eigenvalue weighted by atomic mass is 16.1. The van der Waals surface area contributed by atoms with Crippen molar-refractivity contribution < 1.29 is 4.79 Å². The van der Waals surface area contributed by atoms with Crippen molar-refractivity contribution in [3.8, 4) is 0 Å². The molecule has 1 amide bonds. The summed E-state index contributed by atoms with van der Waals surface area (Å²) in [4.78, 5) is 23.3. The monoisotopic (exact) mass is 376 g/mol. The van der Waals surface area contributed by atoms with Crippen LogP contribution in [0.5, 0.6) is 0 Å². The molecule has 1 aliphatic rings. The number of hydrogen-bond acceptors (Lipinski definition) is 5. The van der Waals surface area contributed by atoms with Crippen LogP contribution >= 0.6 is 0 Å². The lowest BCUT2D eigenvalue weighted by Gasteiger charge is -2.25. The summed E-state index contributed by atoms with van der Waals surface area (Å²) in [5, 5.41) is 7.30. The Balaban J connectivity index is 1.42. The second-order valence-corrected chi connectivity index (χ2v) is 7.16. The number of rotatable bonds is 6. The molecule has 7 nitrogen and oxygen atoms in total. The lowest BCUT2D eigenvalue weighted by atomic mass is 10.2. The third-order valence-corrected chi connectivity index (χ3v) is 5.22. The van der Waals surface area contributed by atoms with Crippen LogP contribution in [0.25, 0.3) is 0 Å². The molecular formula is C21H24N6O. The van der Waals surface area contributed by atoms with Gasteiger partial charge in [0.1, 0.15) is 5.82 Å². The molecule has 144 valence electrons. The van der Waals surface area contributed by atoms with E-state index in [0.29, 0.717) is 24.0 Å². The molecule has 3 aromatic heterocycles. The minimum atomic E-state index is -0.183. The van der Waals surface area contributed by atoms with Gasteiger partial charge in [0.05, 0.1) is 6.54 Å². The van der Waals surface area contributed by atoms with Crippen molar-refractivity contribution in [3.63, 3.8) is 0 Å². The number of aromatic nitrogens is 4.